The maximum absolute atomic E-state index is 10.9. The monoisotopic (exact) mass is 180 g/mol. The van der Waals surface area contributed by atoms with Crippen molar-refractivity contribution in [1.29, 1.82) is 0 Å². The molecule has 0 heterocycles. The summed E-state index contributed by atoms with van der Waals surface area (Å²) < 4.78 is 4.91. The largest absolute Gasteiger partial charge is 0.426 e. The number of esters is 1. The SMILES string of the molecule is Cc1ccc(OC(=O)CCO)cc1. The van der Waals surface area contributed by atoms with Crippen LogP contribution in [0, 0.1) is 6.92 Å². The van der Waals surface area contributed by atoms with E-state index in [0.717, 1.165) is 5.56 Å². The molecule has 0 aliphatic carbocycles. The number of hydrogen-bond acceptors (Lipinski definition) is 3. The highest BCUT2D eigenvalue weighted by Gasteiger charge is 2.02. The Kier molecular flexibility index (Phi) is 3.46. The number of rotatable bonds is 3. The number of ether oxygens (including phenoxy) is 1. The molecule has 0 aliphatic heterocycles. The molecule has 0 fully saturated rings. The molecule has 1 N–H and O–H groups in total. The van der Waals surface area contributed by atoms with Crippen molar-refractivity contribution in [3.63, 3.8) is 0 Å². The van der Waals surface area contributed by atoms with Gasteiger partial charge in [0.1, 0.15) is 5.75 Å². The summed E-state index contributed by atoms with van der Waals surface area (Å²) in [6.07, 6.45) is 0.0356. The van der Waals surface area contributed by atoms with Gasteiger partial charge < -0.3 is 9.84 Å². The van der Waals surface area contributed by atoms with Crippen LogP contribution in [0.25, 0.3) is 0 Å². The molecule has 70 valence electrons. The zero-order chi connectivity index (χ0) is 9.68. The summed E-state index contributed by atoms with van der Waals surface area (Å²) in [5, 5.41) is 8.46. The number of hydrogen-bond donors (Lipinski definition) is 1. The van der Waals surface area contributed by atoms with E-state index < -0.39 is 5.97 Å². The van der Waals surface area contributed by atoms with E-state index in [1.54, 1.807) is 12.1 Å². The molecular weight excluding hydrogens is 168 g/mol. The number of carbonyl (C=O) groups excluding carboxylic acids is 1. The summed E-state index contributed by atoms with van der Waals surface area (Å²) in [6, 6.07) is 7.18. The molecule has 0 bridgehead atoms. The Labute approximate surface area is 77.0 Å². The first-order chi connectivity index (χ1) is 6.22. The van der Waals surface area contributed by atoms with Crippen LogP contribution in [0.1, 0.15) is 12.0 Å². The van der Waals surface area contributed by atoms with Crippen molar-refractivity contribution < 1.29 is 14.6 Å². The normalized spacial score (nSPS) is 9.69. The summed E-state index contributed by atoms with van der Waals surface area (Å²) >= 11 is 0. The molecule has 0 atom stereocenters. The van der Waals surface area contributed by atoms with Crippen molar-refractivity contribution >= 4 is 5.97 Å². The summed E-state index contributed by atoms with van der Waals surface area (Å²) in [7, 11) is 0. The second kappa shape index (κ2) is 4.62. The average molecular weight is 180 g/mol. The lowest BCUT2D eigenvalue weighted by atomic mass is 10.2. The van der Waals surface area contributed by atoms with E-state index in [4.69, 9.17) is 9.84 Å². The summed E-state index contributed by atoms with van der Waals surface area (Å²) in [6.45, 7) is 1.78. The Morgan fingerprint density at radius 1 is 1.38 bits per heavy atom. The molecule has 13 heavy (non-hydrogen) atoms. The van der Waals surface area contributed by atoms with Gasteiger partial charge >= 0.3 is 5.97 Å². The standard InChI is InChI=1S/C10H12O3/c1-8-2-4-9(5-3-8)13-10(12)6-7-11/h2-5,11H,6-7H2,1H3. The third-order valence-corrected chi connectivity index (χ3v) is 1.57. The van der Waals surface area contributed by atoms with Crippen LogP contribution in [-0.4, -0.2) is 17.7 Å². The minimum atomic E-state index is -0.411. The zero-order valence-corrected chi connectivity index (χ0v) is 7.49. The molecule has 1 aromatic rings. The van der Waals surface area contributed by atoms with Gasteiger partial charge in [0.15, 0.2) is 0 Å². The van der Waals surface area contributed by atoms with Gasteiger partial charge in [-0.2, -0.15) is 0 Å². The Morgan fingerprint density at radius 3 is 2.54 bits per heavy atom. The molecule has 1 rings (SSSR count). The van der Waals surface area contributed by atoms with Crippen molar-refractivity contribution in [3.8, 4) is 5.75 Å². The first-order valence-electron chi connectivity index (χ1n) is 4.10. The van der Waals surface area contributed by atoms with Crippen molar-refractivity contribution in [2.45, 2.75) is 13.3 Å². The molecule has 3 heteroatoms. The lowest BCUT2D eigenvalue weighted by Crippen LogP contribution is -2.09. The van der Waals surface area contributed by atoms with Gasteiger partial charge in [-0.05, 0) is 19.1 Å². The van der Waals surface area contributed by atoms with Gasteiger partial charge in [0, 0.05) is 0 Å². The minimum Gasteiger partial charge on any atom is -0.426 e. The Bertz CT molecular complexity index is 277. The lowest BCUT2D eigenvalue weighted by molar-refractivity contribution is -0.135. The zero-order valence-electron chi connectivity index (χ0n) is 7.49. The second-order valence-corrected chi connectivity index (χ2v) is 2.76. The van der Waals surface area contributed by atoms with Crippen LogP contribution in [0.15, 0.2) is 24.3 Å². The number of benzene rings is 1. The quantitative estimate of drug-likeness (QED) is 0.563. The Morgan fingerprint density at radius 2 is 2.00 bits per heavy atom. The fourth-order valence-corrected chi connectivity index (χ4v) is 0.880. The van der Waals surface area contributed by atoms with Crippen LogP contribution in [-0.2, 0) is 4.79 Å². The number of aliphatic hydroxyl groups is 1. The smallest absolute Gasteiger partial charge is 0.313 e. The van der Waals surface area contributed by atoms with E-state index in [0.29, 0.717) is 5.75 Å². The van der Waals surface area contributed by atoms with E-state index in [9.17, 15) is 4.79 Å². The van der Waals surface area contributed by atoms with Crippen molar-refractivity contribution in [2.24, 2.45) is 0 Å². The predicted molar refractivity (Wildman–Crippen MR) is 48.5 cm³/mol. The summed E-state index contributed by atoms with van der Waals surface area (Å²) in [5.74, 6) is 0.107. The van der Waals surface area contributed by atoms with E-state index >= 15 is 0 Å². The number of aliphatic hydroxyl groups excluding tert-OH is 1. The summed E-state index contributed by atoms with van der Waals surface area (Å²) in [4.78, 5) is 10.9. The maximum atomic E-state index is 10.9. The molecule has 0 spiro atoms. The highest BCUT2D eigenvalue weighted by atomic mass is 16.5. The lowest BCUT2D eigenvalue weighted by Gasteiger charge is -2.02. The van der Waals surface area contributed by atoms with Gasteiger partial charge in [0.05, 0.1) is 13.0 Å². The highest BCUT2D eigenvalue weighted by Crippen LogP contribution is 2.11. The Balaban J connectivity index is 2.54. The highest BCUT2D eigenvalue weighted by molar-refractivity contribution is 5.72. The molecule has 0 aromatic heterocycles. The van der Waals surface area contributed by atoms with Crippen LogP contribution in [0.3, 0.4) is 0 Å². The van der Waals surface area contributed by atoms with E-state index in [1.165, 1.54) is 0 Å². The third-order valence-electron chi connectivity index (χ3n) is 1.57. The molecule has 0 amide bonds. The Hall–Kier alpha value is -1.35. The van der Waals surface area contributed by atoms with Crippen LogP contribution in [0.4, 0.5) is 0 Å². The first-order valence-corrected chi connectivity index (χ1v) is 4.10. The van der Waals surface area contributed by atoms with Gasteiger partial charge in [0.25, 0.3) is 0 Å². The van der Waals surface area contributed by atoms with Crippen LogP contribution >= 0.6 is 0 Å². The third kappa shape index (κ3) is 3.25. The molecule has 0 aliphatic rings. The van der Waals surface area contributed by atoms with E-state index in [2.05, 4.69) is 0 Å². The van der Waals surface area contributed by atoms with Gasteiger partial charge in [-0.25, -0.2) is 0 Å². The predicted octanol–water partition coefficient (Wildman–Crippen LogP) is 1.28. The maximum Gasteiger partial charge on any atom is 0.313 e. The first kappa shape index (κ1) is 9.74. The van der Waals surface area contributed by atoms with E-state index in [-0.39, 0.29) is 13.0 Å². The number of aryl methyl sites for hydroxylation is 1. The van der Waals surface area contributed by atoms with Crippen LogP contribution in [0.5, 0.6) is 5.75 Å². The second-order valence-electron chi connectivity index (χ2n) is 2.76. The average Bonchev–Trinajstić information content (AvgIpc) is 2.09. The number of carbonyl (C=O) groups is 1. The van der Waals surface area contributed by atoms with Gasteiger partial charge in [-0.1, -0.05) is 17.7 Å². The topological polar surface area (TPSA) is 46.5 Å². The van der Waals surface area contributed by atoms with Crippen molar-refractivity contribution in [2.75, 3.05) is 6.61 Å². The van der Waals surface area contributed by atoms with Gasteiger partial charge in [0.2, 0.25) is 0 Å². The van der Waals surface area contributed by atoms with Gasteiger partial charge in [-0.15, -0.1) is 0 Å². The van der Waals surface area contributed by atoms with Crippen LogP contribution < -0.4 is 4.74 Å². The van der Waals surface area contributed by atoms with Gasteiger partial charge in [-0.3, -0.25) is 4.79 Å². The molecular formula is C10H12O3. The molecule has 0 saturated carbocycles. The molecule has 1 aromatic carbocycles. The van der Waals surface area contributed by atoms with Crippen LogP contribution in [0.2, 0.25) is 0 Å². The van der Waals surface area contributed by atoms with Crippen molar-refractivity contribution in [3.05, 3.63) is 29.8 Å². The molecule has 0 unspecified atom stereocenters. The fraction of sp³-hybridized carbons (Fsp3) is 0.300. The molecule has 0 saturated heterocycles. The fourth-order valence-electron chi connectivity index (χ4n) is 0.880. The summed E-state index contributed by atoms with van der Waals surface area (Å²) in [5.41, 5.74) is 1.11. The molecule has 3 nitrogen and oxygen atoms in total. The van der Waals surface area contributed by atoms with Crippen molar-refractivity contribution in [1.82, 2.24) is 0 Å². The minimum absolute atomic E-state index is 0.0356. The van der Waals surface area contributed by atoms with E-state index in [1.807, 2.05) is 19.1 Å². The molecule has 0 radical (unpaired) electrons.